The maximum absolute atomic E-state index is 13.4. The molecule has 1 aliphatic heterocycles. The van der Waals surface area contributed by atoms with Gasteiger partial charge in [-0.05, 0) is 48.5 Å². The number of para-hydroxylation sites is 1. The summed E-state index contributed by atoms with van der Waals surface area (Å²) in [4.78, 5) is 18.7. The lowest BCUT2D eigenvalue weighted by atomic mass is 10.1. The molecule has 4 rings (SSSR count). The first-order valence-electron chi connectivity index (χ1n) is 8.75. The Morgan fingerprint density at radius 2 is 1.76 bits per heavy atom. The summed E-state index contributed by atoms with van der Waals surface area (Å²) in [6.07, 6.45) is -3.92. The molecule has 0 saturated heterocycles. The van der Waals surface area contributed by atoms with Gasteiger partial charge in [0.05, 0.1) is 23.9 Å². The number of ether oxygens (including phenoxy) is 1. The maximum atomic E-state index is 13.4. The molecule has 0 saturated carbocycles. The molecule has 1 unspecified atom stereocenters. The number of halogens is 3. The van der Waals surface area contributed by atoms with Crippen molar-refractivity contribution in [2.75, 3.05) is 17.3 Å². The van der Waals surface area contributed by atoms with E-state index in [2.05, 4.69) is 10.3 Å². The molecule has 0 radical (unpaired) electrons. The number of amides is 1. The van der Waals surface area contributed by atoms with Crippen molar-refractivity contribution in [1.29, 1.82) is 0 Å². The molecular formula is C21H16F3N3O2. The molecule has 1 aliphatic rings. The molecule has 0 spiro atoms. The second-order valence-electron chi connectivity index (χ2n) is 6.40. The van der Waals surface area contributed by atoms with Gasteiger partial charge in [0.2, 0.25) is 0 Å². The fourth-order valence-corrected chi connectivity index (χ4v) is 3.33. The summed E-state index contributed by atoms with van der Waals surface area (Å²) >= 11 is 0. The van der Waals surface area contributed by atoms with E-state index in [0.29, 0.717) is 22.7 Å². The van der Waals surface area contributed by atoms with Gasteiger partial charge in [-0.25, -0.2) is 0 Å². The molecule has 5 nitrogen and oxygen atoms in total. The molecule has 3 aromatic rings. The van der Waals surface area contributed by atoms with E-state index >= 15 is 0 Å². The second-order valence-corrected chi connectivity index (χ2v) is 6.40. The summed E-state index contributed by atoms with van der Waals surface area (Å²) in [6.45, 7) is 0. The molecule has 0 fully saturated rings. The van der Waals surface area contributed by atoms with Crippen molar-refractivity contribution in [3.8, 4) is 5.75 Å². The number of nitrogens with one attached hydrogen (secondary N) is 1. The van der Waals surface area contributed by atoms with Crippen molar-refractivity contribution in [2.45, 2.75) is 12.3 Å². The number of anilines is 2. The van der Waals surface area contributed by atoms with Gasteiger partial charge >= 0.3 is 6.18 Å². The third kappa shape index (κ3) is 3.37. The smallest absolute Gasteiger partial charge is 0.418 e. The van der Waals surface area contributed by atoms with Crippen LogP contribution in [0.15, 0.2) is 66.9 Å². The molecule has 1 aromatic heterocycles. The molecule has 1 N–H and O–H groups in total. The summed E-state index contributed by atoms with van der Waals surface area (Å²) in [5.74, 6) is 0.253. The van der Waals surface area contributed by atoms with Crippen LogP contribution < -0.4 is 15.0 Å². The zero-order valence-electron chi connectivity index (χ0n) is 15.3. The Hall–Kier alpha value is -3.55. The van der Waals surface area contributed by atoms with Crippen LogP contribution in [0.25, 0.3) is 0 Å². The number of aromatic nitrogens is 1. The van der Waals surface area contributed by atoms with Crippen molar-refractivity contribution in [1.82, 2.24) is 4.98 Å². The lowest BCUT2D eigenvalue weighted by molar-refractivity contribution is -0.137. The Morgan fingerprint density at radius 1 is 1.03 bits per heavy atom. The van der Waals surface area contributed by atoms with Gasteiger partial charge in [-0.2, -0.15) is 13.2 Å². The van der Waals surface area contributed by atoms with Gasteiger partial charge in [0.1, 0.15) is 5.75 Å². The summed E-state index contributed by atoms with van der Waals surface area (Å²) in [7, 11) is 1.52. The highest BCUT2D eigenvalue weighted by Crippen LogP contribution is 2.40. The van der Waals surface area contributed by atoms with Crippen molar-refractivity contribution in [2.24, 2.45) is 0 Å². The average Bonchev–Trinajstić information content (AvgIpc) is 3.00. The summed E-state index contributed by atoms with van der Waals surface area (Å²) < 4.78 is 45.5. The van der Waals surface area contributed by atoms with Crippen LogP contribution in [0.5, 0.6) is 5.75 Å². The Kier molecular flexibility index (Phi) is 4.62. The van der Waals surface area contributed by atoms with Crippen LogP contribution in [0.2, 0.25) is 0 Å². The molecule has 1 amide bonds. The Morgan fingerprint density at radius 3 is 2.45 bits per heavy atom. The van der Waals surface area contributed by atoms with Gasteiger partial charge in [0, 0.05) is 17.6 Å². The van der Waals surface area contributed by atoms with Crippen molar-refractivity contribution < 1.29 is 22.7 Å². The average molecular weight is 399 g/mol. The highest BCUT2D eigenvalue weighted by atomic mass is 19.4. The van der Waals surface area contributed by atoms with Crippen molar-refractivity contribution >= 4 is 17.3 Å². The number of nitrogens with zero attached hydrogens (tertiary/aromatic N) is 2. The van der Waals surface area contributed by atoms with E-state index in [1.54, 1.807) is 36.4 Å². The van der Waals surface area contributed by atoms with Gasteiger partial charge in [-0.15, -0.1) is 0 Å². The highest BCUT2D eigenvalue weighted by molar-refractivity contribution is 6.11. The Balaban J connectivity index is 1.79. The summed E-state index contributed by atoms with van der Waals surface area (Å²) in [6, 6.07) is 15.1. The van der Waals surface area contributed by atoms with Crippen molar-refractivity contribution in [3.63, 3.8) is 0 Å². The Labute approximate surface area is 164 Å². The number of hydrogen-bond acceptors (Lipinski definition) is 4. The monoisotopic (exact) mass is 399 g/mol. The van der Waals surface area contributed by atoms with E-state index in [1.165, 1.54) is 36.4 Å². The van der Waals surface area contributed by atoms with E-state index in [-0.39, 0.29) is 11.6 Å². The van der Waals surface area contributed by atoms with Crippen LogP contribution >= 0.6 is 0 Å². The largest absolute Gasteiger partial charge is 0.497 e. The standard InChI is InChI=1S/C21H16F3N3O2/c1-29-14-10-8-13(9-11-14)27-19(18-15(20(27)28)5-4-12-25-18)26-17-7-3-2-6-16(17)21(22,23)24/h2-12,19,26H,1H3. The van der Waals surface area contributed by atoms with Crippen molar-refractivity contribution in [3.05, 3.63) is 83.7 Å². The van der Waals surface area contributed by atoms with Crippen LogP contribution in [-0.2, 0) is 6.18 Å². The molecule has 2 aromatic carbocycles. The minimum Gasteiger partial charge on any atom is -0.497 e. The molecule has 2 heterocycles. The van der Waals surface area contributed by atoms with E-state index < -0.39 is 17.9 Å². The maximum Gasteiger partial charge on any atom is 0.418 e. The van der Waals surface area contributed by atoms with E-state index in [1.807, 2.05) is 0 Å². The number of rotatable bonds is 4. The molecule has 8 heteroatoms. The van der Waals surface area contributed by atoms with Gasteiger partial charge < -0.3 is 10.1 Å². The quantitative estimate of drug-likeness (QED) is 0.679. The predicted octanol–water partition coefficient (Wildman–Crippen LogP) is 4.88. The van der Waals surface area contributed by atoms with Crippen LogP contribution in [0.1, 0.15) is 27.8 Å². The zero-order chi connectivity index (χ0) is 20.6. The fraction of sp³-hybridized carbons (Fsp3) is 0.143. The van der Waals surface area contributed by atoms with Gasteiger partial charge in [-0.1, -0.05) is 12.1 Å². The minimum absolute atomic E-state index is 0.130. The number of alkyl halides is 3. The van der Waals surface area contributed by atoms with E-state index in [0.717, 1.165) is 6.07 Å². The van der Waals surface area contributed by atoms with Gasteiger partial charge in [0.25, 0.3) is 5.91 Å². The number of fused-ring (bicyclic) bond motifs is 1. The number of pyridine rings is 1. The molecule has 148 valence electrons. The van der Waals surface area contributed by atoms with E-state index in [9.17, 15) is 18.0 Å². The van der Waals surface area contributed by atoms with E-state index in [4.69, 9.17) is 4.74 Å². The van der Waals surface area contributed by atoms with Crippen LogP contribution in [0, 0.1) is 0 Å². The normalized spacial score (nSPS) is 15.9. The number of carbonyl (C=O) groups is 1. The van der Waals surface area contributed by atoms with Crippen LogP contribution in [0.3, 0.4) is 0 Å². The molecule has 29 heavy (non-hydrogen) atoms. The molecule has 0 aliphatic carbocycles. The molecular weight excluding hydrogens is 383 g/mol. The number of benzene rings is 2. The van der Waals surface area contributed by atoms with Gasteiger partial charge in [-0.3, -0.25) is 14.7 Å². The zero-order valence-corrected chi connectivity index (χ0v) is 15.3. The lowest BCUT2D eigenvalue weighted by Crippen LogP contribution is -2.33. The summed E-state index contributed by atoms with van der Waals surface area (Å²) in [5.41, 5.74) is 0.271. The predicted molar refractivity (Wildman–Crippen MR) is 102 cm³/mol. The SMILES string of the molecule is COc1ccc(N2C(=O)c3cccnc3C2Nc2ccccc2C(F)(F)F)cc1. The molecule has 0 bridgehead atoms. The van der Waals surface area contributed by atoms with Crippen LogP contribution in [0.4, 0.5) is 24.5 Å². The van der Waals surface area contributed by atoms with Crippen LogP contribution in [-0.4, -0.2) is 18.0 Å². The number of methoxy groups -OCH3 is 1. The summed E-state index contributed by atoms with van der Waals surface area (Å²) in [5, 5.41) is 2.87. The minimum atomic E-state index is -4.54. The first-order valence-corrected chi connectivity index (χ1v) is 8.75. The first-order chi connectivity index (χ1) is 13.9. The topological polar surface area (TPSA) is 54.5 Å². The highest BCUT2D eigenvalue weighted by Gasteiger charge is 2.41. The first kappa shape index (κ1) is 18.8. The fourth-order valence-electron chi connectivity index (χ4n) is 3.33. The Bertz CT molecular complexity index is 1050. The number of hydrogen-bond donors (Lipinski definition) is 1. The third-order valence-corrected chi connectivity index (χ3v) is 4.68. The molecule has 1 atom stereocenters. The van der Waals surface area contributed by atoms with Gasteiger partial charge in [0.15, 0.2) is 6.17 Å². The second kappa shape index (κ2) is 7.12. The lowest BCUT2D eigenvalue weighted by Gasteiger charge is -2.27. The number of carbonyl (C=O) groups excluding carboxylic acids is 1. The third-order valence-electron chi connectivity index (χ3n) is 4.68.